The third kappa shape index (κ3) is 3.86. The van der Waals surface area contributed by atoms with Crippen molar-refractivity contribution in [1.82, 2.24) is 10.3 Å². The van der Waals surface area contributed by atoms with Gasteiger partial charge in [0.15, 0.2) is 0 Å². The SMILES string of the molecule is CCc1[nH]c(C(=O)Nc2ccccc2C(=O)NC2CC2)c(C)c1C(=O)OC. The molecule has 1 aliphatic carbocycles. The molecule has 1 aromatic carbocycles. The molecule has 0 spiro atoms. The second-order valence-corrected chi connectivity index (χ2v) is 6.57. The van der Waals surface area contributed by atoms with Crippen LogP contribution in [-0.4, -0.2) is 35.9 Å². The highest BCUT2D eigenvalue weighted by Crippen LogP contribution is 2.24. The summed E-state index contributed by atoms with van der Waals surface area (Å²) in [6.45, 7) is 3.58. The lowest BCUT2D eigenvalue weighted by Gasteiger charge is -2.11. The first-order chi connectivity index (χ1) is 13.0. The van der Waals surface area contributed by atoms with Crippen LogP contribution in [0.4, 0.5) is 5.69 Å². The van der Waals surface area contributed by atoms with Gasteiger partial charge in [-0.15, -0.1) is 0 Å². The predicted molar refractivity (Wildman–Crippen MR) is 101 cm³/mol. The number of carbonyl (C=O) groups is 3. The van der Waals surface area contributed by atoms with E-state index in [9.17, 15) is 14.4 Å². The van der Waals surface area contributed by atoms with Crippen molar-refractivity contribution in [3.8, 4) is 0 Å². The van der Waals surface area contributed by atoms with Gasteiger partial charge in [-0.3, -0.25) is 9.59 Å². The number of hydrogen-bond donors (Lipinski definition) is 3. The topological polar surface area (TPSA) is 100 Å². The molecular weight excluding hydrogens is 346 g/mol. The van der Waals surface area contributed by atoms with Crippen LogP contribution >= 0.6 is 0 Å². The summed E-state index contributed by atoms with van der Waals surface area (Å²) in [7, 11) is 1.31. The van der Waals surface area contributed by atoms with Crippen molar-refractivity contribution in [3.63, 3.8) is 0 Å². The maximum atomic E-state index is 12.8. The molecule has 7 nitrogen and oxygen atoms in total. The molecule has 1 aliphatic rings. The molecule has 1 heterocycles. The van der Waals surface area contributed by atoms with Crippen molar-refractivity contribution in [2.24, 2.45) is 0 Å². The van der Waals surface area contributed by atoms with Gasteiger partial charge in [0.2, 0.25) is 0 Å². The van der Waals surface area contributed by atoms with Crippen molar-refractivity contribution in [2.45, 2.75) is 39.2 Å². The van der Waals surface area contributed by atoms with Crippen LogP contribution in [0.15, 0.2) is 24.3 Å². The number of aromatic amines is 1. The number of ether oxygens (including phenoxy) is 1. The molecule has 0 saturated heterocycles. The Kier molecular flexibility index (Phi) is 5.30. The number of amides is 2. The maximum absolute atomic E-state index is 12.8. The van der Waals surface area contributed by atoms with E-state index in [4.69, 9.17) is 4.74 Å². The lowest BCUT2D eigenvalue weighted by molar-refractivity contribution is 0.0598. The van der Waals surface area contributed by atoms with E-state index in [1.165, 1.54) is 7.11 Å². The number of aryl methyl sites for hydroxylation is 1. The van der Waals surface area contributed by atoms with Gasteiger partial charge < -0.3 is 20.4 Å². The van der Waals surface area contributed by atoms with Crippen LogP contribution in [-0.2, 0) is 11.2 Å². The molecule has 1 aromatic heterocycles. The molecule has 0 aliphatic heterocycles. The van der Waals surface area contributed by atoms with Gasteiger partial charge in [0.05, 0.1) is 23.9 Å². The smallest absolute Gasteiger partial charge is 0.339 e. The van der Waals surface area contributed by atoms with Gasteiger partial charge in [0, 0.05) is 11.7 Å². The Labute approximate surface area is 157 Å². The summed E-state index contributed by atoms with van der Waals surface area (Å²) in [6.07, 6.45) is 2.52. The number of anilines is 1. The van der Waals surface area contributed by atoms with Crippen LogP contribution in [0.5, 0.6) is 0 Å². The average molecular weight is 369 g/mol. The van der Waals surface area contributed by atoms with E-state index in [2.05, 4.69) is 15.6 Å². The largest absolute Gasteiger partial charge is 0.465 e. The first-order valence-corrected chi connectivity index (χ1v) is 8.97. The number of esters is 1. The minimum Gasteiger partial charge on any atom is -0.465 e. The van der Waals surface area contributed by atoms with Crippen molar-refractivity contribution in [2.75, 3.05) is 12.4 Å². The van der Waals surface area contributed by atoms with Crippen LogP contribution in [0.25, 0.3) is 0 Å². The average Bonchev–Trinajstić information content (AvgIpc) is 3.41. The molecule has 0 atom stereocenters. The Morgan fingerprint density at radius 1 is 1.19 bits per heavy atom. The highest BCUT2D eigenvalue weighted by atomic mass is 16.5. The molecule has 1 fully saturated rings. The standard InChI is InChI=1S/C20H23N3O4/c1-4-14-16(20(26)27-3)11(2)17(22-14)19(25)23-15-8-6-5-7-13(15)18(24)21-12-9-10-12/h5-8,12,22H,4,9-10H2,1-3H3,(H,21,24)(H,23,25). The van der Waals surface area contributed by atoms with E-state index in [1.54, 1.807) is 31.2 Å². The van der Waals surface area contributed by atoms with Crippen molar-refractivity contribution < 1.29 is 19.1 Å². The number of rotatable bonds is 6. The summed E-state index contributed by atoms with van der Waals surface area (Å²) in [6, 6.07) is 7.08. The fourth-order valence-corrected chi connectivity index (χ4v) is 2.99. The highest BCUT2D eigenvalue weighted by Gasteiger charge is 2.26. The summed E-state index contributed by atoms with van der Waals surface area (Å²) < 4.78 is 4.82. The van der Waals surface area contributed by atoms with Crippen LogP contribution < -0.4 is 10.6 Å². The second-order valence-electron chi connectivity index (χ2n) is 6.57. The zero-order valence-corrected chi connectivity index (χ0v) is 15.6. The van der Waals surface area contributed by atoms with Crippen LogP contribution in [0.2, 0.25) is 0 Å². The zero-order chi connectivity index (χ0) is 19.6. The van der Waals surface area contributed by atoms with Crippen molar-refractivity contribution in [3.05, 3.63) is 52.3 Å². The Hall–Kier alpha value is -3.09. The molecule has 27 heavy (non-hydrogen) atoms. The minimum atomic E-state index is -0.483. The highest BCUT2D eigenvalue weighted by molar-refractivity contribution is 6.10. The summed E-state index contributed by atoms with van der Waals surface area (Å²) in [5.41, 5.74) is 2.66. The molecule has 142 valence electrons. The van der Waals surface area contributed by atoms with Crippen LogP contribution in [0.1, 0.15) is 62.2 Å². The molecule has 0 radical (unpaired) electrons. The molecule has 2 aromatic rings. The first-order valence-electron chi connectivity index (χ1n) is 8.97. The van der Waals surface area contributed by atoms with E-state index in [0.717, 1.165) is 12.8 Å². The van der Waals surface area contributed by atoms with E-state index in [1.807, 2.05) is 6.92 Å². The van der Waals surface area contributed by atoms with Gasteiger partial charge in [-0.25, -0.2) is 4.79 Å². The Morgan fingerprint density at radius 3 is 2.52 bits per heavy atom. The molecule has 0 bridgehead atoms. The number of aromatic nitrogens is 1. The molecule has 2 amide bonds. The molecule has 1 saturated carbocycles. The van der Waals surface area contributed by atoms with Gasteiger partial charge in [-0.2, -0.15) is 0 Å². The predicted octanol–water partition coefficient (Wildman–Crippen LogP) is 2.82. The van der Waals surface area contributed by atoms with Crippen LogP contribution in [0.3, 0.4) is 0 Å². The lowest BCUT2D eigenvalue weighted by Crippen LogP contribution is -2.27. The molecular formula is C20H23N3O4. The summed E-state index contributed by atoms with van der Waals surface area (Å²) in [5.74, 6) is -1.10. The van der Waals surface area contributed by atoms with E-state index >= 15 is 0 Å². The van der Waals surface area contributed by atoms with Crippen molar-refractivity contribution in [1.29, 1.82) is 0 Å². The molecule has 0 unspecified atom stereocenters. The van der Waals surface area contributed by atoms with Gasteiger partial charge in [-0.05, 0) is 43.9 Å². The second kappa shape index (κ2) is 7.65. The van der Waals surface area contributed by atoms with Gasteiger partial charge >= 0.3 is 5.97 Å². The maximum Gasteiger partial charge on any atom is 0.339 e. The number of carbonyl (C=O) groups excluding carboxylic acids is 3. The minimum absolute atomic E-state index is 0.207. The fraction of sp³-hybridized carbons (Fsp3) is 0.350. The number of nitrogens with one attached hydrogen (secondary N) is 3. The molecule has 3 rings (SSSR count). The monoisotopic (exact) mass is 369 g/mol. The number of H-pyrrole nitrogens is 1. The molecule has 7 heteroatoms. The Bertz CT molecular complexity index is 897. The Balaban J connectivity index is 1.87. The first kappa shape index (κ1) is 18.7. The van der Waals surface area contributed by atoms with Crippen LogP contribution in [0, 0.1) is 6.92 Å². The summed E-state index contributed by atoms with van der Waals surface area (Å²) >= 11 is 0. The third-order valence-electron chi connectivity index (χ3n) is 4.63. The van der Waals surface area contributed by atoms with E-state index in [-0.39, 0.29) is 17.6 Å². The number of benzene rings is 1. The quantitative estimate of drug-likeness (QED) is 0.682. The lowest BCUT2D eigenvalue weighted by atomic mass is 10.1. The molecule has 3 N–H and O–H groups in total. The normalized spacial score (nSPS) is 13.1. The summed E-state index contributed by atoms with van der Waals surface area (Å²) in [4.78, 5) is 40.3. The fourth-order valence-electron chi connectivity index (χ4n) is 2.99. The number of para-hydroxylation sites is 1. The Morgan fingerprint density at radius 2 is 1.89 bits per heavy atom. The number of methoxy groups -OCH3 is 1. The van der Waals surface area contributed by atoms with Crippen molar-refractivity contribution >= 4 is 23.5 Å². The summed E-state index contributed by atoms with van der Waals surface area (Å²) in [5, 5.41) is 5.70. The van der Waals surface area contributed by atoms with Gasteiger partial charge in [0.25, 0.3) is 11.8 Å². The van der Waals surface area contributed by atoms with Gasteiger partial charge in [-0.1, -0.05) is 19.1 Å². The zero-order valence-electron chi connectivity index (χ0n) is 15.6. The third-order valence-corrected chi connectivity index (χ3v) is 4.63. The van der Waals surface area contributed by atoms with E-state index < -0.39 is 11.9 Å². The van der Waals surface area contributed by atoms with Gasteiger partial charge in [0.1, 0.15) is 5.69 Å². The van der Waals surface area contributed by atoms with E-state index in [0.29, 0.717) is 34.5 Å². The number of hydrogen-bond acceptors (Lipinski definition) is 4.